The van der Waals surface area contributed by atoms with Gasteiger partial charge in [0.05, 0.1) is 11.7 Å². The zero-order valence-electron chi connectivity index (χ0n) is 11.1. The Hall–Kier alpha value is -2.35. The third-order valence-corrected chi connectivity index (χ3v) is 3.48. The Morgan fingerprint density at radius 3 is 2.91 bits per heavy atom. The molecule has 3 aromatic rings. The van der Waals surface area contributed by atoms with Crippen LogP contribution >= 0.6 is 15.9 Å². The molecule has 5 nitrogen and oxygen atoms in total. The molecule has 0 saturated heterocycles. The van der Waals surface area contributed by atoms with Gasteiger partial charge in [-0.2, -0.15) is 0 Å². The monoisotopic (exact) mass is 365 g/mol. The summed E-state index contributed by atoms with van der Waals surface area (Å²) in [4.78, 5) is 11.9. The predicted molar refractivity (Wildman–Crippen MR) is 83.1 cm³/mol. The van der Waals surface area contributed by atoms with Crippen LogP contribution in [0.5, 0.6) is 0 Å². The van der Waals surface area contributed by atoms with Crippen LogP contribution in [0.15, 0.2) is 35.2 Å². The molecule has 0 radical (unpaired) electrons. The Kier molecular flexibility index (Phi) is 3.84. The standard InChI is InChI=1S/C14H10BrF2N5/c15-11-6-20-13(18)14(22-11)21-5-8-9(16)4-10-7(12(8)17)2-1-3-19-10/h1-4,6H,5H2,(H2,18,20)(H,21,22). The second kappa shape index (κ2) is 5.80. The first-order chi connectivity index (χ1) is 10.6. The molecular weight excluding hydrogens is 356 g/mol. The number of nitrogens with two attached hydrogens (primary N) is 1. The maximum Gasteiger partial charge on any atom is 0.170 e. The van der Waals surface area contributed by atoms with E-state index in [-0.39, 0.29) is 34.6 Å². The van der Waals surface area contributed by atoms with E-state index < -0.39 is 11.6 Å². The highest BCUT2D eigenvalue weighted by Gasteiger charge is 2.15. The zero-order chi connectivity index (χ0) is 15.7. The molecule has 0 aliphatic carbocycles. The van der Waals surface area contributed by atoms with E-state index in [1.54, 1.807) is 12.1 Å². The van der Waals surface area contributed by atoms with Crippen LogP contribution in [0.3, 0.4) is 0 Å². The molecule has 3 N–H and O–H groups in total. The third-order valence-electron chi connectivity index (χ3n) is 3.10. The zero-order valence-corrected chi connectivity index (χ0v) is 12.7. The Morgan fingerprint density at radius 1 is 1.27 bits per heavy atom. The molecule has 112 valence electrons. The average molecular weight is 366 g/mol. The van der Waals surface area contributed by atoms with Gasteiger partial charge in [-0.1, -0.05) is 0 Å². The maximum atomic E-state index is 14.4. The van der Waals surface area contributed by atoms with E-state index in [0.29, 0.717) is 4.60 Å². The van der Waals surface area contributed by atoms with Crippen molar-refractivity contribution in [3.05, 3.63) is 52.4 Å². The number of fused-ring (bicyclic) bond motifs is 1. The van der Waals surface area contributed by atoms with Crippen LogP contribution in [0.2, 0.25) is 0 Å². The topological polar surface area (TPSA) is 76.7 Å². The van der Waals surface area contributed by atoms with Crippen molar-refractivity contribution >= 4 is 38.5 Å². The lowest BCUT2D eigenvalue weighted by molar-refractivity contribution is 0.568. The van der Waals surface area contributed by atoms with Gasteiger partial charge in [0.15, 0.2) is 11.6 Å². The summed E-state index contributed by atoms with van der Waals surface area (Å²) in [6, 6.07) is 4.34. The molecule has 0 fully saturated rings. The van der Waals surface area contributed by atoms with Gasteiger partial charge < -0.3 is 11.1 Å². The lowest BCUT2D eigenvalue weighted by Gasteiger charge is -2.11. The second-order valence-corrected chi connectivity index (χ2v) is 5.31. The van der Waals surface area contributed by atoms with Gasteiger partial charge in [0.1, 0.15) is 16.2 Å². The lowest BCUT2D eigenvalue weighted by Crippen LogP contribution is -2.09. The van der Waals surface area contributed by atoms with Crippen molar-refractivity contribution < 1.29 is 8.78 Å². The fourth-order valence-electron chi connectivity index (χ4n) is 2.03. The number of hydrogen-bond acceptors (Lipinski definition) is 5. The van der Waals surface area contributed by atoms with Crippen LogP contribution < -0.4 is 11.1 Å². The summed E-state index contributed by atoms with van der Waals surface area (Å²) in [5, 5.41) is 3.05. The van der Waals surface area contributed by atoms with E-state index in [2.05, 4.69) is 36.2 Å². The first kappa shape index (κ1) is 14.6. The Balaban J connectivity index is 1.95. The molecule has 0 spiro atoms. The largest absolute Gasteiger partial charge is 0.381 e. The van der Waals surface area contributed by atoms with Crippen molar-refractivity contribution in [1.82, 2.24) is 15.0 Å². The molecule has 0 bridgehead atoms. The molecule has 2 heterocycles. The predicted octanol–water partition coefficient (Wildman–Crippen LogP) is 3.26. The quantitative estimate of drug-likeness (QED) is 0.744. The number of rotatable bonds is 3. The number of pyridine rings is 1. The second-order valence-electron chi connectivity index (χ2n) is 4.50. The van der Waals surface area contributed by atoms with Crippen molar-refractivity contribution in [2.24, 2.45) is 0 Å². The van der Waals surface area contributed by atoms with E-state index in [1.807, 2.05) is 0 Å². The van der Waals surface area contributed by atoms with Gasteiger partial charge in [-0.3, -0.25) is 4.98 Å². The molecule has 0 aliphatic heterocycles. The van der Waals surface area contributed by atoms with Gasteiger partial charge >= 0.3 is 0 Å². The molecule has 0 saturated carbocycles. The maximum absolute atomic E-state index is 14.4. The summed E-state index contributed by atoms with van der Waals surface area (Å²) in [6.07, 6.45) is 2.92. The summed E-state index contributed by atoms with van der Waals surface area (Å²) in [7, 11) is 0. The Bertz CT molecular complexity index is 856. The van der Waals surface area contributed by atoms with Gasteiger partial charge in [-0.15, -0.1) is 0 Å². The van der Waals surface area contributed by atoms with Gasteiger partial charge in [0.2, 0.25) is 0 Å². The average Bonchev–Trinajstić information content (AvgIpc) is 2.50. The molecule has 0 unspecified atom stereocenters. The first-order valence-electron chi connectivity index (χ1n) is 6.29. The number of halogens is 3. The molecule has 8 heteroatoms. The number of benzene rings is 1. The Morgan fingerprint density at radius 2 is 2.09 bits per heavy atom. The van der Waals surface area contributed by atoms with Crippen LogP contribution in [-0.4, -0.2) is 15.0 Å². The van der Waals surface area contributed by atoms with Crippen LogP contribution in [0.1, 0.15) is 5.56 Å². The van der Waals surface area contributed by atoms with E-state index in [0.717, 1.165) is 0 Å². The summed E-state index contributed by atoms with van der Waals surface area (Å²) < 4.78 is 28.9. The summed E-state index contributed by atoms with van der Waals surface area (Å²) in [6.45, 7) is -0.113. The van der Waals surface area contributed by atoms with E-state index >= 15 is 0 Å². The number of aromatic nitrogens is 3. The first-order valence-corrected chi connectivity index (χ1v) is 7.09. The fraction of sp³-hybridized carbons (Fsp3) is 0.0714. The van der Waals surface area contributed by atoms with Crippen molar-refractivity contribution in [3.8, 4) is 0 Å². The number of hydrogen-bond donors (Lipinski definition) is 2. The minimum atomic E-state index is -0.683. The summed E-state index contributed by atoms with van der Waals surface area (Å²) in [5.41, 5.74) is 5.82. The van der Waals surface area contributed by atoms with Gasteiger partial charge in [0.25, 0.3) is 0 Å². The molecule has 0 atom stereocenters. The number of nitrogens with one attached hydrogen (secondary N) is 1. The normalized spacial score (nSPS) is 10.9. The van der Waals surface area contributed by atoms with Crippen LogP contribution in [-0.2, 0) is 6.54 Å². The van der Waals surface area contributed by atoms with Gasteiger partial charge in [-0.25, -0.2) is 18.7 Å². The smallest absolute Gasteiger partial charge is 0.170 e. The molecule has 1 aromatic carbocycles. The van der Waals surface area contributed by atoms with Gasteiger partial charge in [-0.05, 0) is 28.1 Å². The summed E-state index contributed by atoms with van der Waals surface area (Å²) >= 11 is 3.16. The van der Waals surface area contributed by atoms with E-state index in [4.69, 9.17) is 5.73 Å². The molecular formula is C14H10BrF2N5. The lowest BCUT2D eigenvalue weighted by atomic mass is 10.1. The number of nitrogen functional groups attached to an aromatic ring is 1. The summed E-state index contributed by atoms with van der Waals surface area (Å²) in [5.74, 6) is -0.944. The molecule has 3 rings (SSSR count). The Labute approximate surface area is 132 Å². The molecule has 0 aliphatic rings. The minimum Gasteiger partial charge on any atom is -0.381 e. The number of nitrogens with zero attached hydrogens (tertiary/aromatic N) is 3. The van der Waals surface area contributed by atoms with Crippen molar-refractivity contribution in [3.63, 3.8) is 0 Å². The highest BCUT2D eigenvalue weighted by Crippen LogP contribution is 2.24. The number of anilines is 2. The van der Waals surface area contributed by atoms with Crippen LogP contribution in [0.25, 0.3) is 10.9 Å². The highest BCUT2D eigenvalue weighted by atomic mass is 79.9. The van der Waals surface area contributed by atoms with E-state index in [1.165, 1.54) is 18.5 Å². The fourth-order valence-corrected chi connectivity index (χ4v) is 2.31. The molecule has 2 aromatic heterocycles. The molecule has 0 amide bonds. The molecule has 22 heavy (non-hydrogen) atoms. The minimum absolute atomic E-state index is 0.110. The van der Waals surface area contributed by atoms with Crippen molar-refractivity contribution in [2.75, 3.05) is 11.1 Å². The highest BCUT2D eigenvalue weighted by molar-refractivity contribution is 9.10. The van der Waals surface area contributed by atoms with Crippen LogP contribution in [0, 0.1) is 11.6 Å². The SMILES string of the molecule is Nc1ncc(Br)nc1NCc1c(F)cc2ncccc2c1F. The van der Waals surface area contributed by atoms with E-state index in [9.17, 15) is 8.78 Å². The van der Waals surface area contributed by atoms with Crippen molar-refractivity contribution in [2.45, 2.75) is 6.54 Å². The van der Waals surface area contributed by atoms with Crippen LogP contribution in [0.4, 0.5) is 20.4 Å². The van der Waals surface area contributed by atoms with Crippen molar-refractivity contribution in [1.29, 1.82) is 0 Å². The van der Waals surface area contributed by atoms with Gasteiger partial charge in [0, 0.05) is 29.8 Å². The third kappa shape index (κ3) is 2.69.